The number of aromatic nitrogens is 2. The SMILES string of the molecule is Cn1cnc(C[C@H](NC(=O)CCCN)C(=O)O)c1. The van der Waals surface area contributed by atoms with Crippen LogP contribution in [0.4, 0.5) is 0 Å². The molecule has 0 aliphatic rings. The molecule has 0 aromatic carbocycles. The zero-order valence-electron chi connectivity index (χ0n) is 10.3. The Morgan fingerprint density at radius 2 is 2.33 bits per heavy atom. The molecule has 4 N–H and O–H groups in total. The van der Waals surface area contributed by atoms with Crippen molar-refractivity contribution in [2.75, 3.05) is 6.54 Å². The molecule has 1 aromatic rings. The van der Waals surface area contributed by atoms with Crippen LogP contribution < -0.4 is 11.1 Å². The number of rotatable bonds is 7. The lowest BCUT2D eigenvalue weighted by atomic mass is 10.1. The molecular formula is C11H18N4O3. The minimum absolute atomic E-state index is 0.171. The molecule has 7 nitrogen and oxygen atoms in total. The van der Waals surface area contributed by atoms with Crippen molar-refractivity contribution in [3.63, 3.8) is 0 Å². The van der Waals surface area contributed by atoms with Crippen LogP contribution in [-0.4, -0.2) is 39.1 Å². The van der Waals surface area contributed by atoms with Gasteiger partial charge in [-0.3, -0.25) is 4.79 Å². The van der Waals surface area contributed by atoms with E-state index < -0.39 is 12.0 Å². The van der Waals surface area contributed by atoms with Crippen LogP contribution in [-0.2, 0) is 23.1 Å². The fourth-order valence-corrected chi connectivity index (χ4v) is 1.51. The molecule has 0 aliphatic carbocycles. The number of nitrogens with zero attached hydrogens (tertiary/aromatic N) is 2. The number of imidazole rings is 1. The van der Waals surface area contributed by atoms with Gasteiger partial charge in [0.2, 0.25) is 5.91 Å². The molecule has 0 fully saturated rings. The van der Waals surface area contributed by atoms with Crippen LogP contribution in [0.1, 0.15) is 18.5 Å². The topological polar surface area (TPSA) is 110 Å². The molecule has 1 rings (SSSR count). The number of hydrogen-bond donors (Lipinski definition) is 3. The fraction of sp³-hybridized carbons (Fsp3) is 0.545. The van der Waals surface area contributed by atoms with E-state index in [1.807, 2.05) is 0 Å². The second-order valence-electron chi connectivity index (χ2n) is 4.09. The predicted molar refractivity (Wildman–Crippen MR) is 64.8 cm³/mol. The third kappa shape index (κ3) is 4.54. The average Bonchev–Trinajstić information content (AvgIpc) is 2.71. The number of nitrogens with one attached hydrogen (secondary N) is 1. The Balaban J connectivity index is 2.55. The molecule has 1 atom stereocenters. The highest BCUT2D eigenvalue weighted by molar-refractivity contribution is 5.83. The van der Waals surface area contributed by atoms with Gasteiger partial charge in [-0.2, -0.15) is 0 Å². The minimum Gasteiger partial charge on any atom is -0.480 e. The van der Waals surface area contributed by atoms with Crippen LogP contribution in [0, 0.1) is 0 Å². The summed E-state index contributed by atoms with van der Waals surface area (Å²) in [6.45, 7) is 0.408. The van der Waals surface area contributed by atoms with E-state index in [1.54, 1.807) is 24.1 Å². The highest BCUT2D eigenvalue weighted by Gasteiger charge is 2.21. The lowest BCUT2D eigenvalue weighted by molar-refractivity contribution is -0.141. The largest absolute Gasteiger partial charge is 0.480 e. The number of aliphatic carboxylic acids is 1. The number of carboxylic acid groups (broad SMARTS) is 1. The molecule has 1 heterocycles. The predicted octanol–water partition coefficient (Wildman–Crippen LogP) is -0.729. The number of hydrogen-bond acceptors (Lipinski definition) is 4. The van der Waals surface area contributed by atoms with Crippen LogP contribution in [0.25, 0.3) is 0 Å². The van der Waals surface area contributed by atoms with Gasteiger partial charge in [0.05, 0.1) is 12.0 Å². The van der Waals surface area contributed by atoms with Crippen molar-refractivity contribution < 1.29 is 14.7 Å². The quantitative estimate of drug-likeness (QED) is 0.594. The second-order valence-corrected chi connectivity index (χ2v) is 4.09. The lowest BCUT2D eigenvalue weighted by Crippen LogP contribution is -2.42. The molecule has 0 aliphatic heterocycles. The van der Waals surface area contributed by atoms with Crippen LogP contribution in [0.2, 0.25) is 0 Å². The lowest BCUT2D eigenvalue weighted by Gasteiger charge is -2.13. The van der Waals surface area contributed by atoms with E-state index in [1.165, 1.54) is 0 Å². The first-order valence-electron chi connectivity index (χ1n) is 5.72. The van der Waals surface area contributed by atoms with Crippen LogP contribution >= 0.6 is 0 Å². The fourth-order valence-electron chi connectivity index (χ4n) is 1.51. The van der Waals surface area contributed by atoms with E-state index in [4.69, 9.17) is 10.8 Å². The monoisotopic (exact) mass is 254 g/mol. The van der Waals surface area contributed by atoms with E-state index >= 15 is 0 Å². The molecule has 18 heavy (non-hydrogen) atoms. The van der Waals surface area contributed by atoms with Gasteiger partial charge < -0.3 is 20.7 Å². The number of aryl methyl sites for hydroxylation is 1. The Labute approximate surface area is 105 Å². The average molecular weight is 254 g/mol. The summed E-state index contributed by atoms with van der Waals surface area (Å²) in [7, 11) is 1.80. The zero-order chi connectivity index (χ0) is 13.5. The summed E-state index contributed by atoms with van der Waals surface area (Å²) in [5.74, 6) is -1.37. The van der Waals surface area contributed by atoms with Crippen molar-refractivity contribution in [3.05, 3.63) is 18.2 Å². The molecule has 0 unspecified atom stereocenters. The van der Waals surface area contributed by atoms with Gasteiger partial charge in [-0.25, -0.2) is 9.78 Å². The molecule has 7 heteroatoms. The highest BCUT2D eigenvalue weighted by Crippen LogP contribution is 2.01. The number of carbonyl (C=O) groups is 2. The summed E-state index contributed by atoms with van der Waals surface area (Å²) in [5, 5.41) is 11.5. The molecule has 0 saturated heterocycles. The number of carboxylic acids is 1. The van der Waals surface area contributed by atoms with Crippen LogP contribution in [0.5, 0.6) is 0 Å². The van der Waals surface area contributed by atoms with Crippen molar-refractivity contribution in [1.29, 1.82) is 0 Å². The normalized spacial score (nSPS) is 12.1. The van der Waals surface area contributed by atoms with E-state index in [0.29, 0.717) is 18.7 Å². The van der Waals surface area contributed by atoms with Crippen LogP contribution in [0.15, 0.2) is 12.5 Å². The zero-order valence-corrected chi connectivity index (χ0v) is 10.3. The molecule has 1 amide bonds. The minimum atomic E-state index is -1.07. The maximum Gasteiger partial charge on any atom is 0.326 e. The first-order valence-corrected chi connectivity index (χ1v) is 5.72. The summed E-state index contributed by atoms with van der Waals surface area (Å²) in [6, 6.07) is -0.954. The number of carbonyl (C=O) groups excluding carboxylic acids is 1. The molecule has 0 spiro atoms. The Morgan fingerprint density at radius 1 is 1.61 bits per heavy atom. The summed E-state index contributed by atoms with van der Waals surface area (Å²) < 4.78 is 1.73. The second kappa shape index (κ2) is 6.75. The van der Waals surface area contributed by atoms with Crippen molar-refractivity contribution in [3.8, 4) is 0 Å². The van der Waals surface area contributed by atoms with Gasteiger partial charge >= 0.3 is 5.97 Å². The standard InChI is InChI=1S/C11H18N4O3/c1-15-6-8(13-7-15)5-9(11(17)18)14-10(16)3-2-4-12/h6-7,9H,2-5,12H2,1H3,(H,14,16)(H,17,18)/t9-/m0/s1. The van der Waals surface area contributed by atoms with Gasteiger partial charge in [-0.05, 0) is 13.0 Å². The first-order chi connectivity index (χ1) is 8.52. The molecule has 0 saturated carbocycles. The maximum absolute atomic E-state index is 11.5. The summed E-state index contributed by atoms with van der Waals surface area (Å²) >= 11 is 0. The Morgan fingerprint density at radius 3 is 2.83 bits per heavy atom. The molecule has 1 aromatic heterocycles. The molecule has 0 bridgehead atoms. The van der Waals surface area contributed by atoms with Crippen molar-refractivity contribution in [2.45, 2.75) is 25.3 Å². The van der Waals surface area contributed by atoms with E-state index in [9.17, 15) is 9.59 Å². The van der Waals surface area contributed by atoms with Crippen molar-refractivity contribution >= 4 is 11.9 Å². The van der Waals surface area contributed by atoms with Gasteiger partial charge in [0, 0.05) is 26.1 Å². The number of nitrogens with two attached hydrogens (primary N) is 1. The van der Waals surface area contributed by atoms with E-state index in [-0.39, 0.29) is 18.7 Å². The number of amides is 1. The summed E-state index contributed by atoms with van der Waals surface area (Å²) in [5.41, 5.74) is 5.91. The smallest absolute Gasteiger partial charge is 0.326 e. The molecular weight excluding hydrogens is 236 g/mol. The van der Waals surface area contributed by atoms with Crippen molar-refractivity contribution in [1.82, 2.24) is 14.9 Å². The van der Waals surface area contributed by atoms with Crippen molar-refractivity contribution in [2.24, 2.45) is 12.8 Å². The van der Waals surface area contributed by atoms with Gasteiger partial charge in [0.15, 0.2) is 0 Å². The Bertz CT molecular complexity index is 416. The molecule has 100 valence electrons. The summed E-state index contributed by atoms with van der Waals surface area (Å²) in [4.78, 5) is 26.5. The summed E-state index contributed by atoms with van der Waals surface area (Å²) in [6.07, 6.45) is 4.27. The van der Waals surface area contributed by atoms with Gasteiger partial charge in [0.1, 0.15) is 6.04 Å². The van der Waals surface area contributed by atoms with E-state index in [0.717, 1.165) is 0 Å². The van der Waals surface area contributed by atoms with Gasteiger partial charge in [-0.15, -0.1) is 0 Å². The third-order valence-corrected chi connectivity index (χ3v) is 2.41. The van der Waals surface area contributed by atoms with Gasteiger partial charge in [0.25, 0.3) is 0 Å². The highest BCUT2D eigenvalue weighted by atomic mass is 16.4. The van der Waals surface area contributed by atoms with Gasteiger partial charge in [-0.1, -0.05) is 0 Å². The van der Waals surface area contributed by atoms with Crippen LogP contribution in [0.3, 0.4) is 0 Å². The van der Waals surface area contributed by atoms with E-state index in [2.05, 4.69) is 10.3 Å². The first kappa shape index (κ1) is 14.2. The maximum atomic E-state index is 11.5. The molecule has 0 radical (unpaired) electrons. The Hall–Kier alpha value is -1.89. The Kier molecular flexibility index (Phi) is 5.31. The third-order valence-electron chi connectivity index (χ3n) is 2.41.